The van der Waals surface area contributed by atoms with Crippen LogP contribution in [0, 0.1) is 6.92 Å². The number of esters is 2. The smallest absolute Gasteiger partial charge is 0.325 e. The number of nitrogens with zero attached hydrogens (tertiary/aromatic N) is 2. The van der Waals surface area contributed by atoms with Crippen LogP contribution in [0.25, 0.3) is 6.08 Å². The Kier molecular flexibility index (Phi) is 7.92. The molecule has 34 heavy (non-hydrogen) atoms. The number of aryl methyl sites for hydroxylation is 1. The van der Waals surface area contributed by atoms with E-state index in [9.17, 15) is 9.59 Å². The number of ether oxygens (including phenoxy) is 2. The zero-order valence-corrected chi connectivity index (χ0v) is 21.1. The Morgan fingerprint density at radius 3 is 2.09 bits per heavy atom. The molecule has 0 atom stereocenters. The molecule has 1 aliphatic heterocycles. The van der Waals surface area contributed by atoms with Gasteiger partial charge in [0, 0.05) is 23.4 Å². The minimum Gasteiger partial charge on any atom is -0.465 e. The third-order valence-corrected chi connectivity index (χ3v) is 6.13. The van der Waals surface area contributed by atoms with E-state index in [2.05, 4.69) is 62.7 Å². The van der Waals surface area contributed by atoms with Gasteiger partial charge in [0.25, 0.3) is 0 Å². The highest BCUT2D eigenvalue weighted by Crippen LogP contribution is 2.39. The van der Waals surface area contributed by atoms with Gasteiger partial charge in [-0.1, -0.05) is 23.8 Å². The SMILES string of the molecule is CCOC(=O)CN(CC(=O)OCC)c1ccc(/C=C/C2=[N+](C)c3ccc(C)cc3C2(C)C)cc1. The van der Waals surface area contributed by atoms with E-state index < -0.39 is 0 Å². The van der Waals surface area contributed by atoms with E-state index in [1.165, 1.54) is 22.5 Å². The van der Waals surface area contributed by atoms with Crippen molar-refractivity contribution in [3.63, 3.8) is 0 Å². The lowest BCUT2D eigenvalue weighted by molar-refractivity contribution is -0.401. The number of fused-ring (bicyclic) bond motifs is 1. The molecule has 0 unspecified atom stereocenters. The maximum atomic E-state index is 12.1. The van der Waals surface area contributed by atoms with Gasteiger partial charge in [-0.25, -0.2) is 0 Å². The first-order valence-electron chi connectivity index (χ1n) is 11.7. The highest BCUT2D eigenvalue weighted by Gasteiger charge is 2.42. The first-order valence-corrected chi connectivity index (χ1v) is 11.7. The fourth-order valence-electron chi connectivity index (χ4n) is 4.38. The van der Waals surface area contributed by atoms with Crippen molar-refractivity contribution in [2.45, 2.75) is 40.0 Å². The zero-order valence-electron chi connectivity index (χ0n) is 21.1. The number of hydrogen-bond donors (Lipinski definition) is 0. The molecule has 0 spiro atoms. The lowest BCUT2D eigenvalue weighted by Crippen LogP contribution is -2.36. The minimum absolute atomic E-state index is 0.0174. The molecule has 0 amide bonds. The van der Waals surface area contributed by atoms with Gasteiger partial charge in [-0.3, -0.25) is 9.59 Å². The fourth-order valence-corrected chi connectivity index (χ4v) is 4.38. The molecule has 0 saturated carbocycles. The molecule has 6 nitrogen and oxygen atoms in total. The molecule has 2 aromatic rings. The van der Waals surface area contributed by atoms with Crippen LogP contribution in [0.3, 0.4) is 0 Å². The first kappa shape index (κ1) is 25.2. The van der Waals surface area contributed by atoms with Crippen LogP contribution < -0.4 is 4.90 Å². The second-order valence-corrected chi connectivity index (χ2v) is 8.98. The average Bonchev–Trinajstić information content (AvgIpc) is 2.97. The molecule has 1 aliphatic rings. The molecule has 0 radical (unpaired) electrons. The normalized spacial score (nSPS) is 14.3. The van der Waals surface area contributed by atoms with Crippen molar-refractivity contribution in [3.8, 4) is 0 Å². The van der Waals surface area contributed by atoms with Crippen molar-refractivity contribution in [1.29, 1.82) is 0 Å². The Bertz CT molecular complexity index is 1090. The molecule has 0 saturated heterocycles. The van der Waals surface area contributed by atoms with E-state index in [1.54, 1.807) is 18.7 Å². The summed E-state index contributed by atoms with van der Waals surface area (Å²) in [4.78, 5) is 25.8. The highest BCUT2D eigenvalue weighted by atomic mass is 16.5. The number of rotatable bonds is 9. The largest absolute Gasteiger partial charge is 0.465 e. The summed E-state index contributed by atoms with van der Waals surface area (Å²) in [7, 11) is 2.11. The van der Waals surface area contributed by atoms with Gasteiger partial charge in [0.15, 0.2) is 5.71 Å². The molecule has 6 heteroatoms. The monoisotopic (exact) mass is 463 g/mol. The molecule has 1 heterocycles. The molecule has 0 fully saturated rings. The van der Waals surface area contributed by atoms with Gasteiger partial charge in [-0.2, -0.15) is 4.58 Å². The van der Waals surface area contributed by atoms with Crippen molar-refractivity contribution in [3.05, 3.63) is 65.2 Å². The first-order chi connectivity index (χ1) is 16.2. The summed E-state index contributed by atoms with van der Waals surface area (Å²) >= 11 is 0. The Morgan fingerprint density at radius 1 is 0.941 bits per heavy atom. The van der Waals surface area contributed by atoms with Crippen LogP contribution in [-0.2, 0) is 24.5 Å². The summed E-state index contributed by atoms with van der Waals surface area (Å²) in [5, 5.41) is 0. The highest BCUT2D eigenvalue weighted by molar-refractivity contribution is 6.05. The van der Waals surface area contributed by atoms with Gasteiger partial charge in [0.05, 0.1) is 18.6 Å². The van der Waals surface area contributed by atoms with Crippen LogP contribution >= 0.6 is 0 Å². The van der Waals surface area contributed by atoms with E-state index in [4.69, 9.17) is 9.47 Å². The van der Waals surface area contributed by atoms with Gasteiger partial charge in [0.1, 0.15) is 20.1 Å². The number of benzene rings is 2. The molecule has 0 bridgehead atoms. The standard InChI is InChI=1S/C28H35N2O4/c1-7-33-26(31)18-30(19-27(32)34-8-2)22-13-10-21(11-14-22)12-16-25-28(4,5)23-17-20(3)9-15-24(23)29(25)6/h9-17H,7-8,18-19H2,1-6H3/q+1. The third-order valence-electron chi connectivity index (χ3n) is 6.13. The molecule has 180 valence electrons. The predicted molar refractivity (Wildman–Crippen MR) is 136 cm³/mol. The lowest BCUT2D eigenvalue weighted by Gasteiger charge is -2.22. The van der Waals surface area contributed by atoms with Crippen molar-refractivity contribution in [2.75, 3.05) is 38.3 Å². The van der Waals surface area contributed by atoms with Crippen LogP contribution in [0.1, 0.15) is 44.4 Å². The van der Waals surface area contributed by atoms with Gasteiger partial charge in [-0.05, 0) is 64.5 Å². The number of allylic oxidation sites excluding steroid dienone is 1. The summed E-state index contributed by atoms with van der Waals surface area (Å²) < 4.78 is 12.4. The van der Waals surface area contributed by atoms with Gasteiger partial charge in [0.2, 0.25) is 5.69 Å². The summed E-state index contributed by atoms with van der Waals surface area (Å²) in [5.74, 6) is -0.762. The average molecular weight is 464 g/mol. The van der Waals surface area contributed by atoms with Gasteiger partial charge >= 0.3 is 11.9 Å². The Balaban J connectivity index is 1.80. The third kappa shape index (κ3) is 5.56. The zero-order chi connectivity index (χ0) is 24.9. The second-order valence-electron chi connectivity index (χ2n) is 8.98. The summed E-state index contributed by atoms with van der Waals surface area (Å²) in [6.07, 6.45) is 4.26. The number of anilines is 1. The fraction of sp³-hybridized carbons (Fsp3) is 0.393. The topological polar surface area (TPSA) is 58.9 Å². The van der Waals surface area contributed by atoms with E-state index in [0.29, 0.717) is 13.2 Å². The summed E-state index contributed by atoms with van der Waals surface area (Å²) in [6, 6.07) is 14.4. The van der Waals surface area contributed by atoms with Crippen molar-refractivity contribution in [2.24, 2.45) is 0 Å². The number of carbonyl (C=O) groups excluding carboxylic acids is 2. The lowest BCUT2D eigenvalue weighted by atomic mass is 9.81. The predicted octanol–water partition coefficient (Wildman–Crippen LogP) is 4.65. The molecule has 0 aliphatic carbocycles. The van der Waals surface area contributed by atoms with Crippen molar-refractivity contribution >= 4 is 35.1 Å². The van der Waals surface area contributed by atoms with Crippen LogP contribution in [-0.4, -0.2) is 55.6 Å². The quantitative estimate of drug-likeness (QED) is 0.400. The Labute approximate surface area is 202 Å². The molecule has 2 aromatic carbocycles. The molecule has 0 aromatic heterocycles. The molecular formula is C28H35N2O4+. The van der Waals surface area contributed by atoms with Crippen molar-refractivity contribution < 1.29 is 23.6 Å². The molecule has 0 N–H and O–H groups in total. The van der Waals surface area contributed by atoms with Gasteiger partial charge in [-0.15, -0.1) is 0 Å². The van der Waals surface area contributed by atoms with Crippen molar-refractivity contribution in [1.82, 2.24) is 0 Å². The Hall–Kier alpha value is -3.41. The maximum absolute atomic E-state index is 12.1. The minimum atomic E-state index is -0.381. The maximum Gasteiger partial charge on any atom is 0.325 e. The molecular weight excluding hydrogens is 428 g/mol. The Morgan fingerprint density at radius 2 is 1.53 bits per heavy atom. The summed E-state index contributed by atoms with van der Waals surface area (Å²) in [6.45, 7) is 10.7. The molecule has 3 rings (SSSR count). The van der Waals surface area contributed by atoms with Gasteiger partial charge < -0.3 is 14.4 Å². The number of carbonyl (C=O) groups is 2. The van der Waals surface area contributed by atoms with Crippen LogP contribution in [0.4, 0.5) is 11.4 Å². The van der Waals surface area contributed by atoms with E-state index in [1.807, 2.05) is 24.3 Å². The summed E-state index contributed by atoms with van der Waals surface area (Å²) in [5.41, 5.74) is 6.74. The van der Waals surface area contributed by atoms with E-state index in [-0.39, 0.29) is 30.4 Å². The number of hydrogen-bond acceptors (Lipinski definition) is 5. The van der Waals surface area contributed by atoms with E-state index in [0.717, 1.165) is 11.3 Å². The second kappa shape index (κ2) is 10.7. The van der Waals surface area contributed by atoms with E-state index >= 15 is 0 Å². The van der Waals surface area contributed by atoms with Crippen LogP contribution in [0.5, 0.6) is 0 Å². The van der Waals surface area contributed by atoms with Crippen LogP contribution in [0.2, 0.25) is 0 Å². The van der Waals surface area contributed by atoms with Crippen LogP contribution in [0.15, 0.2) is 48.5 Å².